The van der Waals surface area contributed by atoms with Crippen LogP contribution in [0.5, 0.6) is 0 Å². The van der Waals surface area contributed by atoms with E-state index in [1.807, 2.05) is 5.38 Å². The van der Waals surface area contributed by atoms with E-state index in [2.05, 4.69) is 0 Å². The van der Waals surface area contributed by atoms with Crippen LogP contribution in [0.2, 0.25) is 0 Å². The molecule has 1 aromatic rings. The summed E-state index contributed by atoms with van der Waals surface area (Å²) in [4.78, 5) is 2.05. The molecule has 0 saturated heterocycles. The van der Waals surface area contributed by atoms with E-state index in [0.29, 0.717) is 0 Å². The van der Waals surface area contributed by atoms with Gasteiger partial charge in [0, 0.05) is 18.0 Å². The Bertz CT molecular complexity index is 273. The average Bonchev–Trinajstić information content (AvgIpc) is 2.54. The Labute approximate surface area is 89.9 Å². The maximum Gasteiger partial charge on any atom is 0.401 e. The lowest BCUT2D eigenvalue weighted by Crippen LogP contribution is -2.35. The monoisotopic (exact) mass is 239 g/mol. The zero-order valence-electron chi connectivity index (χ0n) is 8.00. The Balaban J connectivity index is 2.51. The molecule has 15 heavy (non-hydrogen) atoms. The molecule has 6 heteroatoms. The molecule has 0 amide bonds. The molecule has 0 aliphatic rings. The van der Waals surface area contributed by atoms with Gasteiger partial charge in [0.25, 0.3) is 0 Å². The van der Waals surface area contributed by atoms with E-state index >= 15 is 0 Å². The van der Waals surface area contributed by atoms with Crippen LogP contribution in [0.4, 0.5) is 13.2 Å². The Morgan fingerprint density at radius 1 is 1.40 bits per heavy atom. The van der Waals surface area contributed by atoms with E-state index in [4.69, 9.17) is 5.11 Å². The first-order chi connectivity index (χ1) is 7.01. The first-order valence-corrected chi connectivity index (χ1v) is 5.31. The smallest absolute Gasteiger partial charge is 0.395 e. The summed E-state index contributed by atoms with van der Waals surface area (Å²) in [5.41, 5.74) is 0. The van der Waals surface area contributed by atoms with E-state index in [0.717, 1.165) is 4.88 Å². The van der Waals surface area contributed by atoms with Gasteiger partial charge in [-0.1, -0.05) is 6.07 Å². The Hall–Kier alpha value is -0.590. The minimum atomic E-state index is -4.22. The highest BCUT2D eigenvalue weighted by atomic mass is 32.1. The van der Waals surface area contributed by atoms with Gasteiger partial charge in [-0.25, -0.2) is 0 Å². The molecule has 0 aromatic carbocycles. The average molecular weight is 239 g/mol. The molecule has 0 fully saturated rings. The zero-order valence-corrected chi connectivity index (χ0v) is 8.81. The van der Waals surface area contributed by atoms with Crippen molar-refractivity contribution in [1.29, 1.82) is 0 Å². The fraction of sp³-hybridized carbons (Fsp3) is 0.556. The molecule has 0 atom stereocenters. The maximum atomic E-state index is 12.1. The largest absolute Gasteiger partial charge is 0.401 e. The second kappa shape index (κ2) is 5.48. The van der Waals surface area contributed by atoms with Crippen LogP contribution in [0.3, 0.4) is 0 Å². The van der Waals surface area contributed by atoms with Crippen LogP contribution in [0.25, 0.3) is 0 Å². The minimum Gasteiger partial charge on any atom is -0.395 e. The van der Waals surface area contributed by atoms with Crippen LogP contribution in [0, 0.1) is 0 Å². The van der Waals surface area contributed by atoms with Gasteiger partial charge in [-0.3, -0.25) is 4.90 Å². The van der Waals surface area contributed by atoms with Crippen molar-refractivity contribution in [3.63, 3.8) is 0 Å². The number of thiophene rings is 1. The molecule has 0 saturated carbocycles. The maximum absolute atomic E-state index is 12.1. The third-order valence-corrected chi connectivity index (χ3v) is 2.64. The van der Waals surface area contributed by atoms with E-state index in [-0.39, 0.29) is 19.7 Å². The summed E-state index contributed by atoms with van der Waals surface area (Å²) in [5.74, 6) is 0. The van der Waals surface area contributed by atoms with Crippen molar-refractivity contribution in [2.24, 2.45) is 0 Å². The second-order valence-electron chi connectivity index (χ2n) is 3.13. The molecule has 1 aromatic heterocycles. The van der Waals surface area contributed by atoms with Gasteiger partial charge in [-0.2, -0.15) is 13.2 Å². The summed E-state index contributed by atoms with van der Waals surface area (Å²) in [6, 6.07) is 3.58. The van der Waals surface area contributed by atoms with Crippen molar-refractivity contribution in [3.8, 4) is 0 Å². The molecule has 1 N–H and O–H groups in total. The van der Waals surface area contributed by atoms with E-state index in [1.165, 1.54) is 16.2 Å². The molecule has 86 valence electrons. The van der Waals surface area contributed by atoms with Gasteiger partial charge in [0.15, 0.2) is 0 Å². The number of nitrogens with zero attached hydrogens (tertiary/aromatic N) is 1. The molecule has 0 aliphatic carbocycles. The summed E-state index contributed by atoms with van der Waals surface area (Å²) < 4.78 is 36.4. The third kappa shape index (κ3) is 5.15. The number of hydrogen-bond donors (Lipinski definition) is 1. The van der Waals surface area contributed by atoms with Gasteiger partial charge in [-0.15, -0.1) is 11.3 Å². The first-order valence-electron chi connectivity index (χ1n) is 4.43. The molecule has 0 unspecified atom stereocenters. The van der Waals surface area contributed by atoms with Crippen molar-refractivity contribution >= 4 is 11.3 Å². The van der Waals surface area contributed by atoms with Gasteiger partial charge >= 0.3 is 6.18 Å². The highest BCUT2D eigenvalue weighted by molar-refractivity contribution is 7.09. The summed E-state index contributed by atoms with van der Waals surface area (Å²) in [6.45, 7) is -0.970. The molecule has 2 nitrogen and oxygen atoms in total. The number of rotatable bonds is 5. The number of aliphatic hydroxyl groups excluding tert-OH is 1. The van der Waals surface area contributed by atoms with Gasteiger partial charge in [0.05, 0.1) is 13.2 Å². The lowest BCUT2D eigenvalue weighted by atomic mass is 10.4. The SMILES string of the molecule is OCCN(Cc1cccs1)CC(F)(F)F. The molecular weight excluding hydrogens is 227 g/mol. The highest BCUT2D eigenvalue weighted by Gasteiger charge is 2.30. The summed E-state index contributed by atoms with van der Waals surface area (Å²) in [6.07, 6.45) is -4.22. The predicted molar refractivity (Wildman–Crippen MR) is 52.7 cm³/mol. The number of aliphatic hydroxyl groups is 1. The molecule has 1 rings (SSSR count). The molecule has 0 bridgehead atoms. The number of alkyl halides is 3. The van der Waals surface area contributed by atoms with Crippen LogP contribution < -0.4 is 0 Å². The van der Waals surface area contributed by atoms with Gasteiger partial charge in [-0.05, 0) is 11.4 Å². The predicted octanol–water partition coefficient (Wildman–Crippen LogP) is 2.10. The standard InChI is InChI=1S/C9H12F3NOS/c10-9(11,12)7-13(3-4-14)6-8-2-1-5-15-8/h1-2,5,14H,3-4,6-7H2. The summed E-state index contributed by atoms with van der Waals surface area (Å²) >= 11 is 1.41. The topological polar surface area (TPSA) is 23.5 Å². The number of halogens is 3. The number of hydrogen-bond acceptors (Lipinski definition) is 3. The highest BCUT2D eigenvalue weighted by Crippen LogP contribution is 2.19. The minimum absolute atomic E-state index is 0.0391. The summed E-state index contributed by atoms with van der Waals surface area (Å²) in [7, 11) is 0. The van der Waals surface area contributed by atoms with Crippen molar-refractivity contribution in [2.75, 3.05) is 19.7 Å². The molecule has 0 spiro atoms. The van der Waals surface area contributed by atoms with Crippen LogP contribution >= 0.6 is 11.3 Å². The lowest BCUT2D eigenvalue weighted by molar-refractivity contribution is -0.147. The normalized spacial score (nSPS) is 12.3. The van der Waals surface area contributed by atoms with Gasteiger partial charge in [0.2, 0.25) is 0 Å². The van der Waals surface area contributed by atoms with Crippen molar-refractivity contribution in [3.05, 3.63) is 22.4 Å². The third-order valence-electron chi connectivity index (χ3n) is 1.78. The Kier molecular flexibility index (Phi) is 4.56. The summed E-state index contributed by atoms with van der Waals surface area (Å²) in [5, 5.41) is 10.5. The molecule has 1 heterocycles. The van der Waals surface area contributed by atoms with Crippen LogP contribution in [-0.2, 0) is 6.54 Å². The molecule has 0 aliphatic heterocycles. The van der Waals surface area contributed by atoms with Crippen LogP contribution in [-0.4, -0.2) is 35.9 Å². The van der Waals surface area contributed by atoms with Gasteiger partial charge in [0.1, 0.15) is 0 Å². The van der Waals surface area contributed by atoms with E-state index < -0.39 is 12.7 Å². The van der Waals surface area contributed by atoms with Crippen LogP contribution in [0.1, 0.15) is 4.88 Å². The molecule has 0 radical (unpaired) electrons. The Morgan fingerprint density at radius 3 is 2.60 bits per heavy atom. The van der Waals surface area contributed by atoms with Crippen molar-refractivity contribution in [1.82, 2.24) is 4.90 Å². The van der Waals surface area contributed by atoms with Crippen molar-refractivity contribution < 1.29 is 18.3 Å². The quantitative estimate of drug-likeness (QED) is 0.850. The molecular formula is C9H12F3NOS. The second-order valence-corrected chi connectivity index (χ2v) is 4.16. The van der Waals surface area contributed by atoms with E-state index in [9.17, 15) is 13.2 Å². The fourth-order valence-corrected chi connectivity index (χ4v) is 1.98. The zero-order chi connectivity index (χ0) is 11.3. The van der Waals surface area contributed by atoms with Crippen LogP contribution in [0.15, 0.2) is 17.5 Å². The van der Waals surface area contributed by atoms with Crippen molar-refractivity contribution in [2.45, 2.75) is 12.7 Å². The van der Waals surface area contributed by atoms with E-state index in [1.54, 1.807) is 12.1 Å². The Morgan fingerprint density at radius 2 is 2.13 bits per heavy atom. The van der Waals surface area contributed by atoms with Gasteiger partial charge < -0.3 is 5.11 Å². The lowest BCUT2D eigenvalue weighted by Gasteiger charge is -2.21. The first kappa shape index (κ1) is 12.5. The fourth-order valence-electron chi connectivity index (χ4n) is 1.23.